The van der Waals surface area contributed by atoms with Gasteiger partial charge in [0.25, 0.3) is 0 Å². The number of carboxylic acids is 1. The van der Waals surface area contributed by atoms with Crippen LogP contribution < -0.4 is 5.32 Å². The predicted octanol–water partition coefficient (Wildman–Crippen LogP) is 1.49. The van der Waals surface area contributed by atoms with Gasteiger partial charge in [-0.2, -0.15) is 0 Å². The van der Waals surface area contributed by atoms with Gasteiger partial charge in [-0.3, -0.25) is 9.59 Å². The summed E-state index contributed by atoms with van der Waals surface area (Å²) in [4.78, 5) is 26.2. The number of carbonyl (C=O) groups is 2. The first-order valence-corrected chi connectivity index (χ1v) is 6.17. The van der Waals surface area contributed by atoms with E-state index in [0.29, 0.717) is 12.3 Å². The van der Waals surface area contributed by atoms with E-state index >= 15 is 0 Å². The number of nitrogens with one attached hydrogen (secondary N) is 1. The number of hydrogen-bond acceptors (Lipinski definition) is 4. The quantitative estimate of drug-likeness (QED) is 0.844. The Morgan fingerprint density at radius 2 is 2.11 bits per heavy atom. The third-order valence-corrected chi connectivity index (χ3v) is 2.61. The minimum absolute atomic E-state index is 0.120. The van der Waals surface area contributed by atoms with Gasteiger partial charge in [-0.15, -0.1) is 0 Å². The number of carboxylic acid groups (broad SMARTS) is 1. The van der Waals surface area contributed by atoms with Crippen molar-refractivity contribution in [1.29, 1.82) is 0 Å². The van der Waals surface area contributed by atoms with E-state index in [1.54, 1.807) is 6.20 Å². The minimum atomic E-state index is -1.06. The third-order valence-electron chi connectivity index (χ3n) is 2.61. The lowest BCUT2D eigenvalue weighted by molar-refractivity contribution is -0.141. The van der Waals surface area contributed by atoms with Crippen molar-refractivity contribution in [3.63, 3.8) is 0 Å². The molecule has 0 aromatic carbocycles. The summed E-state index contributed by atoms with van der Waals surface area (Å²) in [5, 5.41) is 11.0. The van der Waals surface area contributed by atoms with Crippen molar-refractivity contribution >= 4 is 11.9 Å². The van der Waals surface area contributed by atoms with Gasteiger partial charge in [-0.25, -0.2) is 4.98 Å². The highest BCUT2D eigenvalue weighted by Crippen LogP contribution is 2.22. The zero-order valence-electron chi connectivity index (χ0n) is 11.7. The summed E-state index contributed by atoms with van der Waals surface area (Å²) in [6, 6.07) is -0.887. The maximum absolute atomic E-state index is 11.5. The maximum atomic E-state index is 11.5. The van der Waals surface area contributed by atoms with Crippen LogP contribution >= 0.6 is 0 Å². The lowest BCUT2D eigenvalue weighted by atomic mass is 9.94. The SMILES string of the molecule is C[C@@H](NC(=O)CCc1ncc(C(C)(C)C)o1)C(=O)O. The third kappa shape index (κ3) is 4.73. The summed E-state index contributed by atoms with van der Waals surface area (Å²) in [7, 11) is 0. The van der Waals surface area contributed by atoms with Crippen LogP contribution in [0.1, 0.15) is 45.8 Å². The molecule has 0 spiro atoms. The number of rotatable bonds is 5. The number of aryl methyl sites for hydroxylation is 1. The van der Waals surface area contributed by atoms with E-state index in [0.717, 1.165) is 5.76 Å². The molecule has 0 aliphatic rings. The van der Waals surface area contributed by atoms with Crippen LogP contribution in [0.3, 0.4) is 0 Å². The monoisotopic (exact) mass is 268 g/mol. The average molecular weight is 268 g/mol. The van der Waals surface area contributed by atoms with Crippen LogP contribution in [0, 0.1) is 0 Å². The first kappa shape index (κ1) is 15.2. The molecular weight excluding hydrogens is 248 g/mol. The summed E-state index contributed by atoms with van der Waals surface area (Å²) in [6.45, 7) is 7.46. The zero-order chi connectivity index (χ0) is 14.6. The van der Waals surface area contributed by atoms with Crippen molar-refractivity contribution in [3.05, 3.63) is 17.8 Å². The summed E-state index contributed by atoms with van der Waals surface area (Å²) in [5.41, 5.74) is -0.120. The molecule has 0 saturated heterocycles. The van der Waals surface area contributed by atoms with Crippen LogP contribution in [-0.2, 0) is 21.4 Å². The highest BCUT2D eigenvalue weighted by Gasteiger charge is 2.20. The van der Waals surface area contributed by atoms with Gasteiger partial charge in [0.15, 0.2) is 5.89 Å². The molecule has 1 aromatic heterocycles. The molecule has 106 valence electrons. The Kier molecular flexibility index (Phi) is 4.69. The summed E-state index contributed by atoms with van der Waals surface area (Å²) >= 11 is 0. The predicted molar refractivity (Wildman–Crippen MR) is 68.8 cm³/mol. The fraction of sp³-hybridized carbons (Fsp3) is 0.615. The molecule has 1 aromatic rings. The lowest BCUT2D eigenvalue weighted by Gasteiger charge is -2.13. The van der Waals surface area contributed by atoms with Gasteiger partial charge in [0.2, 0.25) is 5.91 Å². The summed E-state index contributed by atoms with van der Waals surface area (Å²) in [6.07, 6.45) is 2.17. The molecule has 0 aliphatic carbocycles. The normalized spacial score (nSPS) is 13.1. The Labute approximate surface area is 112 Å². The van der Waals surface area contributed by atoms with E-state index in [-0.39, 0.29) is 17.7 Å². The highest BCUT2D eigenvalue weighted by atomic mass is 16.4. The first-order valence-electron chi connectivity index (χ1n) is 6.17. The lowest BCUT2D eigenvalue weighted by Crippen LogP contribution is -2.38. The molecule has 1 rings (SSSR count). The van der Waals surface area contributed by atoms with Gasteiger partial charge in [-0.1, -0.05) is 20.8 Å². The second-order valence-corrected chi connectivity index (χ2v) is 5.50. The number of oxazole rings is 1. The van der Waals surface area contributed by atoms with Crippen molar-refractivity contribution in [2.24, 2.45) is 0 Å². The molecule has 1 heterocycles. The molecular formula is C13H20N2O4. The average Bonchev–Trinajstić information content (AvgIpc) is 2.74. The Hall–Kier alpha value is -1.85. The number of hydrogen-bond donors (Lipinski definition) is 2. The van der Waals surface area contributed by atoms with Gasteiger partial charge in [0, 0.05) is 18.3 Å². The van der Waals surface area contributed by atoms with Crippen LogP contribution in [0.25, 0.3) is 0 Å². The second-order valence-electron chi connectivity index (χ2n) is 5.50. The van der Waals surface area contributed by atoms with Gasteiger partial charge >= 0.3 is 5.97 Å². The fourth-order valence-electron chi connectivity index (χ4n) is 1.37. The number of aromatic nitrogens is 1. The van der Waals surface area contributed by atoms with Crippen molar-refractivity contribution in [2.75, 3.05) is 0 Å². The van der Waals surface area contributed by atoms with Crippen molar-refractivity contribution < 1.29 is 19.1 Å². The number of amides is 1. The Balaban J connectivity index is 2.47. The molecule has 1 amide bonds. The van der Waals surface area contributed by atoms with Gasteiger partial charge in [0.1, 0.15) is 11.8 Å². The standard InChI is InChI=1S/C13H20N2O4/c1-8(12(17)18)15-10(16)5-6-11-14-7-9(19-11)13(2,3)4/h7-8H,5-6H2,1-4H3,(H,15,16)(H,17,18)/t8-/m1/s1. The minimum Gasteiger partial charge on any atom is -0.480 e. The highest BCUT2D eigenvalue weighted by molar-refractivity contribution is 5.83. The molecule has 19 heavy (non-hydrogen) atoms. The zero-order valence-corrected chi connectivity index (χ0v) is 11.7. The van der Waals surface area contributed by atoms with Crippen molar-refractivity contribution in [2.45, 2.75) is 52.0 Å². The second kappa shape index (κ2) is 5.86. The van der Waals surface area contributed by atoms with E-state index in [4.69, 9.17) is 9.52 Å². The molecule has 0 unspecified atom stereocenters. The molecule has 0 saturated carbocycles. The molecule has 2 N–H and O–H groups in total. The molecule has 0 radical (unpaired) electrons. The van der Waals surface area contributed by atoms with E-state index in [1.165, 1.54) is 6.92 Å². The summed E-state index contributed by atoms with van der Waals surface area (Å²) in [5.74, 6) is -0.130. The number of carbonyl (C=O) groups excluding carboxylic acids is 1. The smallest absolute Gasteiger partial charge is 0.325 e. The molecule has 6 heteroatoms. The molecule has 0 aliphatic heterocycles. The van der Waals surface area contributed by atoms with Gasteiger partial charge in [0.05, 0.1) is 6.20 Å². The van der Waals surface area contributed by atoms with E-state index < -0.39 is 12.0 Å². The van der Waals surface area contributed by atoms with Crippen LogP contribution in [0.15, 0.2) is 10.6 Å². The van der Waals surface area contributed by atoms with E-state index in [9.17, 15) is 9.59 Å². The fourth-order valence-corrected chi connectivity index (χ4v) is 1.37. The first-order chi connectivity index (χ1) is 8.70. The van der Waals surface area contributed by atoms with Gasteiger partial charge < -0.3 is 14.8 Å². The Morgan fingerprint density at radius 1 is 1.47 bits per heavy atom. The maximum Gasteiger partial charge on any atom is 0.325 e. The summed E-state index contributed by atoms with van der Waals surface area (Å²) < 4.78 is 5.54. The molecule has 0 fully saturated rings. The van der Waals surface area contributed by atoms with Crippen LogP contribution in [-0.4, -0.2) is 28.0 Å². The van der Waals surface area contributed by atoms with Crippen LogP contribution in [0.4, 0.5) is 0 Å². The van der Waals surface area contributed by atoms with Crippen LogP contribution in [0.2, 0.25) is 0 Å². The van der Waals surface area contributed by atoms with Gasteiger partial charge in [-0.05, 0) is 6.92 Å². The Morgan fingerprint density at radius 3 is 2.58 bits per heavy atom. The molecule has 1 atom stereocenters. The van der Waals surface area contributed by atoms with Crippen molar-refractivity contribution in [1.82, 2.24) is 10.3 Å². The Bertz CT molecular complexity index is 459. The number of nitrogens with zero attached hydrogens (tertiary/aromatic N) is 1. The van der Waals surface area contributed by atoms with E-state index in [2.05, 4.69) is 10.3 Å². The molecule has 6 nitrogen and oxygen atoms in total. The van der Waals surface area contributed by atoms with E-state index in [1.807, 2.05) is 20.8 Å². The topological polar surface area (TPSA) is 92.4 Å². The van der Waals surface area contributed by atoms with Crippen molar-refractivity contribution in [3.8, 4) is 0 Å². The van der Waals surface area contributed by atoms with Crippen LogP contribution in [0.5, 0.6) is 0 Å². The largest absolute Gasteiger partial charge is 0.480 e. The molecule has 0 bridgehead atoms. The number of aliphatic carboxylic acids is 1.